The lowest BCUT2D eigenvalue weighted by Gasteiger charge is -2.24. The van der Waals surface area contributed by atoms with Gasteiger partial charge < -0.3 is 36.8 Å². The number of nitrogens with two attached hydrogens (primary N) is 1. The van der Waals surface area contributed by atoms with E-state index in [4.69, 9.17) is 5.73 Å². The van der Waals surface area contributed by atoms with Crippen LogP contribution in [0.1, 0.15) is 210 Å². The van der Waals surface area contributed by atoms with Gasteiger partial charge in [-0.2, -0.15) is 0 Å². The number of aryl methyl sites for hydroxylation is 3. The summed E-state index contributed by atoms with van der Waals surface area (Å²) < 4.78 is 12.5. The van der Waals surface area contributed by atoms with Gasteiger partial charge in [-0.05, 0) is 80.6 Å². The van der Waals surface area contributed by atoms with Gasteiger partial charge in [0.1, 0.15) is 5.82 Å². The van der Waals surface area contributed by atoms with Crippen molar-refractivity contribution in [2.75, 3.05) is 29.6 Å². The highest BCUT2D eigenvalue weighted by molar-refractivity contribution is 5.85. The van der Waals surface area contributed by atoms with Crippen molar-refractivity contribution < 1.29 is 34.7 Å². The number of nitrogens with zero attached hydrogens (tertiary/aromatic N) is 2. The molecule has 0 radical (unpaired) electrons. The quantitative estimate of drug-likeness (QED) is 0.0124. The number of unbranched alkanes of at least 4 members (excludes halogenated alkanes) is 24. The minimum atomic E-state index is -0.646. The number of hydrogen-bond donors (Lipinski definition) is 7. The van der Waals surface area contributed by atoms with Crippen LogP contribution in [0.5, 0.6) is 0 Å². The molecule has 0 bridgehead atoms. The van der Waals surface area contributed by atoms with Gasteiger partial charge in [-0.25, -0.2) is 4.39 Å². The molecule has 0 aromatic heterocycles. The molecular formula is C57H98Cl2FN5O8. The number of aliphatic hydroxyl groups excluding tert-OH is 4. The SMILES string of the molecule is CCCCCCCCCCCCCCCC(O)C(CO)Nc1ccc(N)cc1C.CCCCCCCCCCCCCCCC(O)C(CO)Nc1ccc([N+](=O)[O-])cc1C.Cc1cc([N+](=O)[O-])ccc1F.Cl.Cl. The maximum Gasteiger partial charge on any atom is 0.269 e. The van der Waals surface area contributed by atoms with E-state index >= 15 is 0 Å². The number of nitro groups is 2. The summed E-state index contributed by atoms with van der Waals surface area (Å²) in [6.07, 6.45) is 34.1. The van der Waals surface area contributed by atoms with Gasteiger partial charge in [0.2, 0.25) is 0 Å². The molecule has 3 rings (SSSR count). The number of non-ortho nitro benzene ring substituents is 2. The average Bonchev–Trinajstić information content (AvgIpc) is 3.34. The minimum Gasteiger partial charge on any atom is -0.399 e. The van der Waals surface area contributed by atoms with E-state index in [9.17, 15) is 45.0 Å². The van der Waals surface area contributed by atoms with Crippen LogP contribution in [0.2, 0.25) is 0 Å². The van der Waals surface area contributed by atoms with Crippen LogP contribution < -0.4 is 16.4 Å². The van der Waals surface area contributed by atoms with Gasteiger partial charge in [-0.3, -0.25) is 20.2 Å². The predicted octanol–water partition coefficient (Wildman–Crippen LogP) is 15.6. The molecule has 0 heterocycles. The van der Waals surface area contributed by atoms with E-state index in [1.165, 1.54) is 166 Å². The van der Waals surface area contributed by atoms with E-state index in [2.05, 4.69) is 24.5 Å². The number of halogens is 3. The zero-order chi connectivity index (χ0) is 52.7. The summed E-state index contributed by atoms with van der Waals surface area (Å²) >= 11 is 0. The van der Waals surface area contributed by atoms with Crippen LogP contribution >= 0.6 is 24.8 Å². The van der Waals surface area contributed by atoms with Gasteiger partial charge in [-0.15, -0.1) is 24.8 Å². The van der Waals surface area contributed by atoms with Crippen LogP contribution in [0.3, 0.4) is 0 Å². The van der Waals surface area contributed by atoms with Gasteiger partial charge >= 0.3 is 0 Å². The first-order chi connectivity index (χ1) is 34.2. The van der Waals surface area contributed by atoms with Gasteiger partial charge in [0, 0.05) is 41.3 Å². The van der Waals surface area contributed by atoms with Crippen LogP contribution in [0.15, 0.2) is 54.6 Å². The number of hydrogen-bond acceptors (Lipinski definition) is 11. The van der Waals surface area contributed by atoms with Gasteiger partial charge in [0.15, 0.2) is 0 Å². The fourth-order valence-corrected chi connectivity index (χ4v) is 8.59. The third-order valence-electron chi connectivity index (χ3n) is 13.2. The third-order valence-corrected chi connectivity index (χ3v) is 13.2. The number of aliphatic hydroxyl groups is 4. The van der Waals surface area contributed by atoms with E-state index in [0.29, 0.717) is 17.7 Å². The fraction of sp³-hybridized carbons (Fsp3) is 0.684. The summed E-state index contributed by atoms with van der Waals surface area (Å²) in [5.41, 5.74) is 10.1. The lowest BCUT2D eigenvalue weighted by molar-refractivity contribution is -0.385. The van der Waals surface area contributed by atoms with Crippen LogP contribution in [0.25, 0.3) is 0 Å². The van der Waals surface area contributed by atoms with Crippen molar-refractivity contribution in [3.8, 4) is 0 Å². The molecule has 73 heavy (non-hydrogen) atoms. The molecule has 3 aromatic carbocycles. The molecule has 4 unspecified atom stereocenters. The number of nitrogen functional groups attached to an aromatic ring is 1. The van der Waals surface area contributed by atoms with E-state index in [0.717, 1.165) is 66.7 Å². The second-order valence-corrected chi connectivity index (χ2v) is 19.6. The summed E-state index contributed by atoms with van der Waals surface area (Å²) in [7, 11) is 0. The highest BCUT2D eigenvalue weighted by Gasteiger charge is 2.20. The molecule has 0 amide bonds. The Hall–Kier alpha value is -3.79. The van der Waals surface area contributed by atoms with Crippen LogP contribution in [0, 0.1) is 46.8 Å². The van der Waals surface area contributed by atoms with Crippen molar-refractivity contribution in [2.24, 2.45) is 0 Å². The molecule has 13 nitrogen and oxygen atoms in total. The first kappa shape index (κ1) is 71.3. The van der Waals surface area contributed by atoms with Crippen molar-refractivity contribution >= 4 is 53.3 Å². The zero-order valence-electron chi connectivity index (χ0n) is 45.3. The third kappa shape index (κ3) is 34.4. The maximum absolute atomic E-state index is 12.5. The molecule has 8 N–H and O–H groups in total. The first-order valence-corrected chi connectivity index (χ1v) is 27.3. The summed E-state index contributed by atoms with van der Waals surface area (Å²) in [6, 6.07) is 12.8. The molecule has 4 atom stereocenters. The van der Waals surface area contributed by atoms with Crippen LogP contribution in [-0.2, 0) is 0 Å². The molecule has 0 aliphatic carbocycles. The van der Waals surface area contributed by atoms with Crippen molar-refractivity contribution in [1.29, 1.82) is 0 Å². The second kappa shape index (κ2) is 45.6. The van der Waals surface area contributed by atoms with Crippen LogP contribution in [-0.4, -0.2) is 67.8 Å². The number of nitrogens with one attached hydrogen (secondary N) is 2. The van der Waals surface area contributed by atoms with Crippen molar-refractivity contribution in [3.63, 3.8) is 0 Å². The van der Waals surface area contributed by atoms with Gasteiger partial charge in [-0.1, -0.05) is 181 Å². The zero-order valence-corrected chi connectivity index (χ0v) is 46.9. The van der Waals surface area contributed by atoms with Crippen molar-refractivity contribution in [1.82, 2.24) is 0 Å². The molecule has 420 valence electrons. The molecule has 0 aliphatic heterocycles. The maximum atomic E-state index is 12.5. The van der Waals surface area contributed by atoms with E-state index in [-0.39, 0.29) is 55.4 Å². The van der Waals surface area contributed by atoms with Gasteiger partial charge in [0.25, 0.3) is 11.4 Å². The Bertz CT molecular complexity index is 1850. The minimum absolute atomic E-state index is 0. The van der Waals surface area contributed by atoms with E-state index in [1.807, 2.05) is 25.1 Å². The molecule has 0 spiro atoms. The second-order valence-electron chi connectivity index (χ2n) is 19.6. The molecule has 3 aromatic rings. The standard InChI is InChI=1S/C25H44N2O4.C25H46N2O2.C7H6FNO2.2ClH/c1-3-4-5-6-7-8-9-10-11-12-13-14-15-16-25(29)24(20-28)26-23-18-17-22(27(30)31)19-21(23)2;1-3-4-5-6-7-8-9-10-11-12-13-14-15-16-25(29)24(20-28)27-23-18-17-22(26)19-21(23)2;1-5-4-6(9(10)11)2-3-7(5)8;;/h17-19,24-26,28-29H,3-16,20H2,1-2H3;17-19,24-25,27-29H,3-16,20,26H2,1-2H3;2-4H,1H3;2*1H. The Balaban J connectivity index is 0. The topological polar surface area (TPSA) is 217 Å². The normalized spacial score (nSPS) is 12.4. The lowest BCUT2D eigenvalue weighted by atomic mass is 10.0. The largest absolute Gasteiger partial charge is 0.399 e. The molecule has 0 saturated heterocycles. The Kier molecular flexibility index (Phi) is 44.5. The van der Waals surface area contributed by atoms with E-state index < -0.39 is 33.9 Å². The number of benzene rings is 3. The average molecular weight is 1070 g/mol. The first-order valence-electron chi connectivity index (χ1n) is 27.3. The number of nitro benzene ring substituents is 2. The lowest BCUT2D eigenvalue weighted by Crippen LogP contribution is -2.37. The predicted molar refractivity (Wildman–Crippen MR) is 307 cm³/mol. The number of rotatable bonds is 38. The summed E-state index contributed by atoms with van der Waals surface area (Å²) in [6.45, 7) is 9.51. The van der Waals surface area contributed by atoms with Gasteiger partial charge in [0.05, 0.1) is 47.4 Å². The Labute approximate surface area is 451 Å². The summed E-state index contributed by atoms with van der Waals surface area (Å²) in [5, 5.41) is 67.6. The Morgan fingerprint density at radius 3 is 1.10 bits per heavy atom. The Morgan fingerprint density at radius 1 is 0.493 bits per heavy atom. The molecule has 0 fully saturated rings. The monoisotopic (exact) mass is 1070 g/mol. The van der Waals surface area contributed by atoms with Crippen molar-refractivity contribution in [2.45, 2.75) is 239 Å². The fourth-order valence-electron chi connectivity index (χ4n) is 8.59. The summed E-state index contributed by atoms with van der Waals surface area (Å²) in [4.78, 5) is 20.0. The molecule has 0 saturated carbocycles. The molecular weight excluding hydrogens is 973 g/mol. The van der Waals surface area contributed by atoms with E-state index in [1.54, 1.807) is 13.0 Å². The van der Waals surface area contributed by atoms with Crippen molar-refractivity contribution in [3.05, 3.63) is 97.3 Å². The highest BCUT2D eigenvalue weighted by atomic mass is 35.5. The Morgan fingerprint density at radius 2 is 0.795 bits per heavy atom. The molecule has 16 heteroatoms. The molecule has 0 aliphatic rings. The smallest absolute Gasteiger partial charge is 0.269 e. The van der Waals surface area contributed by atoms with Crippen LogP contribution in [0.4, 0.5) is 32.8 Å². The summed E-state index contributed by atoms with van der Waals surface area (Å²) in [5.74, 6) is -0.421. The highest BCUT2D eigenvalue weighted by Crippen LogP contribution is 2.24. The number of anilines is 3.